The first-order valence-electron chi connectivity index (χ1n) is 8.50. The van der Waals surface area contributed by atoms with E-state index in [9.17, 15) is 4.79 Å². The molecule has 2 heterocycles. The van der Waals surface area contributed by atoms with Gasteiger partial charge in [0.2, 0.25) is 6.79 Å². The van der Waals surface area contributed by atoms with Crippen LogP contribution in [0.1, 0.15) is 12.0 Å². The first-order valence-corrected chi connectivity index (χ1v) is 8.50. The molecule has 0 saturated carbocycles. The van der Waals surface area contributed by atoms with Gasteiger partial charge < -0.3 is 20.1 Å². The number of hydrogen-bond acceptors (Lipinski definition) is 4. The van der Waals surface area contributed by atoms with Crippen molar-refractivity contribution in [1.82, 2.24) is 10.2 Å². The van der Waals surface area contributed by atoms with Gasteiger partial charge in [-0.15, -0.1) is 0 Å². The quantitative estimate of drug-likeness (QED) is 0.899. The number of hydrogen-bond donors (Lipinski definition) is 2. The highest BCUT2D eigenvalue weighted by atomic mass is 16.7. The molecule has 130 valence electrons. The molecule has 0 radical (unpaired) electrons. The van der Waals surface area contributed by atoms with Crippen LogP contribution in [0.5, 0.6) is 11.5 Å². The van der Waals surface area contributed by atoms with E-state index in [0.717, 1.165) is 26.1 Å². The summed E-state index contributed by atoms with van der Waals surface area (Å²) in [4.78, 5) is 14.6. The molecular weight excluding hydrogens is 318 g/mol. The van der Waals surface area contributed by atoms with E-state index in [2.05, 4.69) is 39.8 Å². The van der Waals surface area contributed by atoms with Crippen LogP contribution in [-0.4, -0.2) is 36.9 Å². The number of rotatable bonds is 4. The Morgan fingerprint density at radius 2 is 1.96 bits per heavy atom. The van der Waals surface area contributed by atoms with Crippen molar-refractivity contribution in [2.24, 2.45) is 0 Å². The minimum Gasteiger partial charge on any atom is -0.454 e. The summed E-state index contributed by atoms with van der Waals surface area (Å²) in [5.41, 5.74) is 1.99. The number of carbonyl (C=O) groups is 1. The number of urea groups is 1. The first kappa shape index (κ1) is 15.8. The monoisotopic (exact) mass is 339 g/mol. The van der Waals surface area contributed by atoms with Crippen LogP contribution in [0.2, 0.25) is 0 Å². The van der Waals surface area contributed by atoms with E-state index in [-0.39, 0.29) is 18.9 Å². The second-order valence-electron chi connectivity index (χ2n) is 6.37. The van der Waals surface area contributed by atoms with Crippen LogP contribution in [0, 0.1) is 0 Å². The second-order valence-corrected chi connectivity index (χ2v) is 6.37. The molecule has 2 aliphatic rings. The van der Waals surface area contributed by atoms with Crippen molar-refractivity contribution < 1.29 is 14.3 Å². The van der Waals surface area contributed by atoms with Gasteiger partial charge >= 0.3 is 6.03 Å². The number of likely N-dealkylation sites (tertiary alicyclic amines) is 1. The van der Waals surface area contributed by atoms with Gasteiger partial charge in [0, 0.05) is 37.4 Å². The molecule has 4 rings (SSSR count). The largest absolute Gasteiger partial charge is 0.454 e. The molecule has 2 amide bonds. The van der Waals surface area contributed by atoms with Gasteiger partial charge in [-0.25, -0.2) is 4.79 Å². The number of amides is 2. The summed E-state index contributed by atoms with van der Waals surface area (Å²) in [7, 11) is 0. The fraction of sp³-hybridized carbons (Fsp3) is 0.316. The van der Waals surface area contributed by atoms with Gasteiger partial charge in [-0.05, 0) is 24.1 Å². The minimum absolute atomic E-state index is 0.165. The molecule has 1 atom stereocenters. The van der Waals surface area contributed by atoms with Gasteiger partial charge in [-0.1, -0.05) is 30.3 Å². The predicted molar refractivity (Wildman–Crippen MR) is 94.8 cm³/mol. The number of carbonyl (C=O) groups excluding carboxylic acids is 1. The highest BCUT2D eigenvalue weighted by Crippen LogP contribution is 2.34. The van der Waals surface area contributed by atoms with Gasteiger partial charge in [-0.3, -0.25) is 4.90 Å². The summed E-state index contributed by atoms with van der Waals surface area (Å²) in [6.45, 7) is 3.00. The lowest BCUT2D eigenvalue weighted by molar-refractivity contribution is 0.174. The molecule has 0 bridgehead atoms. The number of nitrogens with zero attached hydrogens (tertiary/aromatic N) is 1. The number of fused-ring (bicyclic) bond motifs is 1. The van der Waals surface area contributed by atoms with Crippen LogP contribution in [0.4, 0.5) is 10.5 Å². The van der Waals surface area contributed by atoms with E-state index in [4.69, 9.17) is 9.47 Å². The molecule has 2 N–H and O–H groups in total. The Hall–Kier alpha value is -2.73. The Bertz CT molecular complexity index is 751. The molecule has 25 heavy (non-hydrogen) atoms. The van der Waals surface area contributed by atoms with Crippen LogP contribution in [0.3, 0.4) is 0 Å². The molecule has 1 unspecified atom stereocenters. The summed E-state index contributed by atoms with van der Waals surface area (Å²) < 4.78 is 10.6. The molecule has 2 aromatic rings. The summed E-state index contributed by atoms with van der Waals surface area (Å²) >= 11 is 0. The summed E-state index contributed by atoms with van der Waals surface area (Å²) in [6.07, 6.45) is 0.960. The average Bonchev–Trinajstić information content (AvgIpc) is 3.24. The number of nitrogens with one attached hydrogen (secondary N) is 2. The molecule has 2 aliphatic heterocycles. The first-order chi connectivity index (χ1) is 12.3. The van der Waals surface area contributed by atoms with Crippen LogP contribution in [-0.2, 0) is 6.54 Å². The van der Waals surface area contributed by atoms with E-state index >= 15 is 0 Å². The average molecular weight is 339 g/mol. The summed E-state index contributed by atoms with van der Waals surface area (Å²) in [5, 5.41) is 5.91. The number of ether oxygens (including phenoxy) is 2. The van der Waals surface area contributed by atoms with Gasteiger partial charge in [0.15, 0.2) is 11.5 Å². The van der Waals surface area contributed by atoms with Crippen LogP contribution >= 0.6 is 0 Å². The summed E-state index contributed by atoms with van der Waals surface area (Å²) in [5.74, 6) is 1.37. The van der Waals surface area contributed by atoms with Gasteiger partial charge in [0.1, 0.15) is 0 Å². The molecule has 6 nitrogen and oxygen atoms in total. The van der Waals surface area contributed by atoms with Gasteiger partial charge in [0.25, 0.3) is 0 Å². The standard InChI is InChI=1S/C19H21N3O3/c23-19(20-15-6-7-17-18(10-15)25-13-24-17)21-16-8-9-22(12-16)11-14-4-2-1-3-5-14/h1-7,10,16H,8-9,11-13H2,(H2,20,21,23). The molecule has 2 aromatic carbocycles. The third-order valence-electron chi connectivity index (χ3n) is 4.49. The Kier molecular flexibility index (Phi) is 4.43. The lowest BCUT2D eigenvalue weighted by Crippen LogP contribution is -2.39. The Balaban J connectivity index is 1.27. The number of anilines is 1. The molecule has 0 aromatic heterocycles. The molecule has 0 spiro atoms. The zero-order chi connectivity index (χ0) is 17.1. The fourth-order valence-corrected chi connectivity index (χ4v) is 3.26. The molecule has 6 heteroatoms. The van der Waals surface area contributed by atoms with Crippen molar-refractivity contribution in [3.8, 4) is 11.5 Å². The Morgan fingerprint density at radius 1 is 1.12 bits per heavy atom. The zero-order valence-corrected chi connectivity index (χ0v) is 13.9. The molecule has 1 saturated heterocycles. The maximum Gasteiger partial charge on any atom is 0.319 e. The third-order valence-corrected chi connectivity index (χ3v) is 4.49. The lowest BCUT2D eigenvalue weighted by Gasteiger charge is -2.17. The SMILES string of the molecule is O=C(Nc1ccc2c(c1)OCO2)NC1CCN(Cc2ccccc2)C1. The van der Waals surface area contributed by atoms with Crippen LogP contribution < -0.4 is 20.1 Å². The molecule has 1 fully saturated rings. The zero-order valence-electron chi connectivity index (χ0n) is 13.9. The van der Waals surface area contributed by atoms with Crippen molar-refractivity contribution in [1.29, 1.82) is 0 Å². The normalized spacial score (nSPS) is 19.0. The van der Waals surface area contributed by atoms with Gasteiger partial charge in [0.05, 0.1) is 0 Å². The van der Waals surface area contributed by atoms with Crippen molar-refractivity contribution in [3.05, 3.63) is 54.1 Å². The fourth-order valence-electron chi connectivity index (χ4n) is 3.26. The van der Waals surface area contributed by atoms with E-state index in [0.29, 0.717) is 17.2 Å². The van der Waals surface area contributed by atoms with Crippen molar-refractivity contribution in [2.45, 2.75) is 19.0 Å². The lowest BCUT2D eigenvalue weighted by atomic mass is 10.2. The Labute approximate surface area is 146 Å². The predicted octanol–water partition coefficient (Wildman–Crippen LogP) is 2.81. The second kappa shape index (κ2) is 7.03. The van der Waals surface area contributed by atoms with Crippen molar-refractivity contribution >= 4 is 11.7 Å². The smallest absolute Gasteiger partial charge is 0.319 e. The number of benzene rings is 2. The maximum atomic E-state index is 12.2. The van der Waals surface area contributed by atoms with Crippen molar-refractivity contribution in [2.75, 3.05) is 25.2 Å². The van der Waals surface area contributed by atoms with Crippen molar-refractivity contribution in [3.63, 3.8) is 0 Å². The third kappa shape index (κ3) is 3.85. The van der Waals surface area contributed by atoms with Crippen LogP contribution in [0.15, 0.2) is 48.5 Å². The molecule has 0 aliphatic carbocycles. The Morgan fingerprint density at radius 3 is 2.84 bits per heavy atom. The van der Waals surface area contributed by atoms with E-state index in [1.165, 1.54) is 5.56 Å². The maximum absolute atomic E-state index is 12.2. The van der Waals surface area contributed by atoms with E-state index < -0.39 is 0 Å². The topological polar surface area (TPSA) is 62.8 Å². The highest BCUT2D eigenvalue weighted by molar-refractivity contribution is 5.89. The summed E-state index contributed by atoms with van der Waals surface area (Å²) in [6, 6.07) is 15.8. The van der Waals surface area contributed by atoms with Crippen LogP contribution in [0.25, 0.3) is 0 Å². The molecular formula is C19H21N3O3. The minimum atomic E-state index is -0.189. The van der Waals surface area contributed by atoms with Gasteiger partial charge in [-0.2, -0.15) is 0 Å². The highest BCUT2D eigenvalue weighted by Gasteiger charge is 2.24. The van der Waals surface area contributed by atoms with E-state index in [1.54, 1.807) is 12.1 Å². The van der Waals surface area contributed by atoms with E-state index in [1.807, 2.05) is 12.1 Å².